The minimum absolute atomic E-state index is 0.196. The van der Waals surface area contributed by atoms with E-state index in [1.807, 2.05) is 6.92 Å². The van der Waals surface area contributed by atoms with E-state index in [1.165, 1.54) is 12.1 Å². The molecule has 0 fully saturated rings. The first-order valence-corrected chi connectivity index (χ1v) is 5.16. The standard InChI is InChI=1S/C12H18O3/c1-9(4-3-7-15-2)11-8-10(13)5-6-12(11)14/h5-6,8-9,13-14H,3-4,7H2,1-2H3. The van der Waals surface area contributed by atoms with E-state index in [9.17, 15) is 10.2 Å². The second kappa shape index (κ2) is 5.61. The van der Waals surface area contributed by atoms with Crippen LogP contribution in [0.4, 0.5) is 0 Å². The predicted molar refractivity (Wildman–Crippen MR) is 59.3 cm³/mol. The SMILES string of the molecule is COCCCC(C)c1cc(O)ccc1O. The molecule has 1 aromatic carbocycles. The van der Waals surface area contributed by atoms with Crippen LogP contribution >= 0.6 is 0 Å². The third kappa shape index (κ3) is 3.44. The van der Waals surface area contributed by atoms with Crippen LogP contribution < -0.4 is 0 Å². The number of benzene rings is 1. The predicted octanol–water partition coefficient (Wildman–Crippen LogP) is 2.63. The Morgan fingerprint density at radius 2 is 2.07 bits per heavy atom. The summed E-state index contributed by atoms with van der Waals surface area (Å²) in [5.74, 6) is 0.673. The highest BCUT2D eigenvalue weighted by molar-refractivity contribution is 5.40. The van der Waals surface area contributed by atoms with Crippen LogP contribution in [0.1, 0.15) is 31.2 Å². The maximum absolute atomic E-state index is 9.62. The molecule has 0 amide bonds. The van der Waals surface area contributed by atoms with Crippen molar-refractivity contribution in [3.63, 3.8) is 0 Å². The fourth-order valence-electron chi connectivity index (χ4n) is 1.63. The molecule has 1 atom stereocenters. The zero-order valence-electron chi connectivity index (χ0n) is 9.23. The quantitative estimate of drug-likeness (QED) is 0.580. The number of hydrogen-bond donors (Lipinski definition) is 2. The van der Waals surface area contributed by atoms with Crippen molar-refractivity contribution < 1.29 is 14.9 Å². The average Bonchev–Trinajstić information content (AvgIpc) is 2.22. The van der Waals surface area contributed by atoms with E-state index in [0.29, 0.717) is 0 Å². The number of aromatic hydroxyl groups is 2. The molecule has 0 spiro atoms. The Balaban J connectivity index is 2.64. The number of ether oxygens (including phenoxy) is 1. The Labute approximate surface area is 90.3 Å². The van der Waals surface area contributed by atoms with Crippen LogP contribution in [0.15, 0.2) is 18.2 Å². The van der Waals surface area contributed by atoms with Crippen LogP contribution in [-0.4, -0.2) is 23.9 Å². The molecule has 84 valence electrons. The summed E-state index contributed by atoms with van der Waals surface area (Å²) in [6.07, 6.45) is 1.89. The fraction of sp³-hybridized carbons (Fsp3) is 0.500. The van der Waals surface area contributed by atoms with Crippen molar-refractivity contribution in [3.8, 4) is 11.5 Å². The number of hydrogen-bond acceptors (Lipinski definition) is 3. The lowest BCUT2D eigenvalue weighted by Gasteiger charge is -2.13. The molecule has 0 aliphatic carbocycles. The molecule has 1 unspecified atom stereocenters. The van der Waals surface area contributed by atoms with Crippen LogP contribution in [0, 0.1) is 0 Å². The molecule has 0 aliphatic rings. The molecular formula is C12H18O3. The molecule has 3 heteroatoms. The lowest BCUT2D eigenvalue weighted by molar-refractivity contribution is 0.191. The Hall–Kier alpha value is -1.22. The molecule has 0 radical (unpaired) electrons. The van der Waals surface area contributed by atoms with Crippen molar-refractivity contribution in [1.29, 1.82) is 0 Å². The summed E-state index contributed by atoms with van der Waals surface area (Å²) < 4.78 is 4.97. The molecule has 0 bridgehead atoms. The van der Waals surface area contributed by atoms with Gasteiger partial charge in [0.1, 0.15) is 11.5 Å². The first-order chi connectivity index (χ1) is 7.15. The van der Waals surface area contributed by atoms with Crippen molar-refractivity contribution in [3.05, 3.63) is 23.8 Å². The third-order valence-corrected chi connectivity index (χ3v) is 2.53. The Kier molecular flexibility index (Phi) is 4.43. The van der Waals surface area contributed by atoms with E-state index in [-0.39, 0.29) is 17.4 Å². The fourth-order valence-corrected chi connectivity index (χ4v) is 1.63. The van der Waals surface area contributed by atoms with Gasteiger partial charge in [-0.3, -0.25) is 0 Å². The number of rotatable bonds is 5. The van der Waals surface area contributed by atoms with Gasteiger partial charge in [-0.2, -0.15) is 0 Å². The maximum Gasteiger partial charge on any atom is 0.119 e. The van der Waals surface area contributed by atoms with Crippen molar-refractivity contribution in [2.75, 3.05) is 13.7 Å². The molecule has 2 N–H and O–H groups in total. The minimum atomic E-state index is 0.196. The van der Waals surface area contributed by atoms with Crippen molar-refractivity contribution >= 4 is 0 Å². The van der Waals surface area contributed by atoms with Gasteiger partial charge in [-0.1, -0.05) is 6.92 Å². The van der Waals surface area contributed by atoms with Gasteiger partial charge in [-0.05, 0) is 37.0 Å². The summed E-state index contributed by atoms with van der Waals surface area (Å²) in [5, 5.41) is 18.9. The van der Waals surface area contributed by atoms with Gasteiger partial charge in [0.05, 0.1) is 0 Å². The first kappa shape index (κ1) is 11.9. The topological polar surface area (TPSA) is 49.7 Å². The van der Waals surface area contributed by atoms with Gasteiger partial charge in [0.2, 0.25) is 0 Å². The summed E-state index contributed by atoms with van der Waals surface area (Å²) in [4.78, 5) is 0. The molecule has 0 saturated heterocycles. The summed E-state index contributed by atoms with van der Waals surface area (Å²) in [5.41, 5.74) is 0.797. The number of phenolic OH excluding ortho intramolecular Hbond substituents is 2. The monoisotopic (exact) mass is 210 g/mol. The third-order valence-electron chi connectivity index (χ3n) is 2.53. The van der Waals surface area contributed by atoms with Crippen LogP contribution in [0.5, 0.6) is 11.5 Å². The Morgan fingerprint density at radius 3 is 2.73 bits per heavy atom. The van der Waals surface area contributed by atoms with Crippen LogP contribution in [0.3, 0.4) is 0 Å². The van der Waals surface area contributed by atoms with Gasteiger partial charge in [0.15, 0.2) is 0 Å². The van der Waals surface area contributed by atoms with Gasteiger partial charge in [0, 0.05) is 19.3 Å². The van der Waals surface area contributed by atoms with E-state index in [2.05, 4.69) is 0 Å². The highest BCUT2D eigenvalue weighted by atomic mass is 16.5. The zero-order valence-corrected chi connectivity index (χ0v) is 9.23. The van der Waals surface area contributed by atoms with E-state index in [4.69, 9.17) is 4.74 Å². The summed E-state index contributed by atoms with van der Waals surface area (Å²) in [6.45, 7) is 2.76. The summed E-state index contributed by atoms with van der Waals surface area (Å²) in [6, 6.07) is 4.63. The molecule has 0 heterocycles. The van der Waals surface area contributed by atoms with E-state index < -0.39 is 0 Å². The number of methoxy groups -OCH3 is 1. The Morgan fingerprint density at radius 1 is 1.33 bits per heavy atom. The zero-order chi connectivity index (χ0) is 11.3. The summed E-state index contributed by atoms with van der Waals surface area (Å²) >= 11 is 0. The molecule has 15 heavy (non-hydrogen) atoms. The molecule has 0 aromatic heterocycles. The first-order valence-electron chi connectivity index (χ1n) is 5.16. The molecule has 1 aromatic rings. The molecular weight excluding hydrogens is 192 g/mol. The normalized spacial score (nSPS) is 12.7. The summed E-state index contributed by atoms with van der Waals surface area (Å²) in [7, 11) is 1.68. The average molecular weight is 210 g/mol. The van der Waals surface area contributed by atoms with Gasteiger partial charge >= 0.3 is 0 Å². The van der Waals surface area contributed by atoms with Crippen molar-refractivity contribution in [1.82, 2.24) is 0 Å². The van der Waals surface area contributed by atoms with E-state index in [1.54, 1.807) is 13.2 Å². The van der Waals surface area contributed by atoms with Gasteiger partial charge in [0.25, 0.3) is 0 Å². The van der Waals surface area contributed by atoms with Gasteiger partial charge in [-0.15, -0.1) is 0 Å². The second-order valence-corrected chi connectivity index (χ2v) is 3.78. The smallest absolute Gasteiger partial charge is 0.119 e. The second-order valence-electron chi connectivity index (χ2n) is 3.78. The maximum atomic E-state index is 9.62. The molecule has 0 aliphatic heterocycles. The van der Waals surface area contributed by atoms with Gasteiger partial charge in [-0.25, -0.2) is 0 Å². The molecule has 0 saturated carbocycles. The molecule has 3 nitrogen and oxygen atoms in total. The number of phenols is 2. The van der Waals surface area contributed by atoms with Crippen LogP contribution in [0.25, 0.3) is 0 Å². The van der Waals surface area contributed by atoms with Crippen LogP contribution in [0.2, 0.25) is 0 Å². The largest absolute Gasteiger partial charge is 0.508 e. The van der Waals surface area contributed by atoms with Crippen LogP contribution in [-0.2, 0) is 4.74 Å². The van der Waals surface area contributed by atoms with Crippen molar-refractivity contribution in [2.45, 2.75) is 25.7 Å². The van der Waals surface area contributed by atoms with E-state index >= 15 is 0 Å². The van der Waals surface area contributed by atoms with Crippen molar-refractivity contribution in [2.24, 2.45) is 0 Å². The highest BCUT2D eigenvalue weighted by Crippen LogP contribution is 2.31. The Bertz CT molecular complexity index is 310. The van der Waals surface area contributed by atoms with Gasteiger partial charge < -0.3 is 14.9 Å². The lowest BCUT2D eigenvalue weighted by Crippen LogP contribution is -1.97. The molecule has 1 rings (SSSR count). The minimum Gasteiger partial charge on any atom is -0.508 e. The van der Waals surface area contributed by atoms with E-state index in [0.717, 1.165) is 25.0 Å². The highest BCUT2D eigenvalue weighted by Gasteiger charge is 2.10. The lowest BCUT2D eigenvalue weighted by atomic mass is 9.95.